The predicted octanol–water partition coefficient (Wildman–Crippen LogP) is 1.81. The monoisotopic (exact) mass is 256 g/mol. The molecule has 3 N–H and O–H groups in total. The number of hydrogen-bond acceptors (Lipinski definition) is 3. The number of nitrogens with one attached hydrogen (secondary N) is 2. The van der Waals surface area contributed by atoms with E-state index in [1.807, 2.05) is 0 Å². The average molecular weight is 257 g/mol. The number of pyridine rings is 1. The van der Waals surface area contributed by atoms with Crippen molar-refractivity contribution in [2.24, 2.45) is 0 Å². The first-order valence-corrected chi connectivity index (χ1v) is 4.45. The molecular formula is C7H5BrN4O2. The quantitative estimate of drug-likeness (QED) is 0.726. The molecular weight excluding hydrogens is 252 g/mol. The molecule has 0 aromatic carbocycles. The van der Waals surface area contributed by atoms with Crippen LogP contribution in [-0.2, 0) is 0 Å². The van der Waals surface area contributed by atoms with E-state index in [0.29, 0.717) is 16.9 Å². The highest BCUT2D eigenvalue weighted by Gasteiger charge is 2.08. The summed E-state index contributed by atoms with van der Waals surface area (Å²) in [6, 6.07) is 1.73. The van der Waals surface area contributed by atoms with Gasteiger partial charge in [-0.25, -0.2) is 9.78 Å². The molecule has 6 nitrogen and oxygen atoms in total. The zero-order valence-electron chi connectivity index (χ0n) is 6.78. The molecule has 2 heterocycles. The lowest BCUT2D eigenvalue weighted by molar-refractivity contribution is 0.209. The maximum Gasteiger partial charge on any atom is 0.410 e. The second-order valence-corrected chi connectivity index (χ2v) is 3.47. The minimum absolute atomic E-state index is 0.321. The fraction of sp³-hybridized carbons (Fsp3) is 0. The number of halogens is 1. The van der Waals surface area contributed by atoms with Gasteiger partial charge in [-0.3, -0.25) is 10.4 Å². The van der Waals surface area contributed by atoms with Gasteiger partial charge in [-0.05, 0) is 22.0 Å². The number of carbonyl (C=O) groups is 1. The summed E-state index contributed by atoms with van der Waals surface area (Å²) in [4.78, 5) is 14.4. The summed E-state index contributed by atoms with van der Waals surface area (Å²) in [5, 5.41) is 17.7. The first kappa shape index (κ1) is 8.95. The molecule has 0 aliphatic carbocycles. The number of hydrogen-bond donors (Lipinski definition) is 3. The van der Waals surface area contributed by atoms with Gasteiger partial charge in [0.2, 0.25) is 0 Å². The van der Waals surface area contributed by atoms with Gasteiger partial charge in [-0.15, -0.1) is 0 Å². The highest BCUT2D eigenvalue weighted by Crippen LogP contribution is 2.21. The summed E-state index contributed by atoms with van der Waals surface area (Å²) in [7, 11) is 0. The number of aromatic nitrogens is 3. The molecule has 0 aliphatic heterocycles. The number of anilines is 1. The normalized spacial score (nSPS) is 10.4. The Labute approximate surface area is 86.5 Å². The van der Waals surface area contributed by atoms with Crippen molar-refractivity contribution < 1.29 is 9.90 Å². The van der Waals surface area contributed by atoms with Gasteiger partial charge < -0.3 is 5.11 Å². The molecule has 1 amide bonds. The molecule has 2 rings (SSSR count). The van der Waals surface area contributed by atoms with Gasteiger partial charge in [0.15, 0.2) is 5.65 Å². The highest BCUT2D eigenvalue weighted by molar-refractivity contribution is 9.10. The van der Waals surface area contributed by atoms with Crippen LogP contribution in [0.15, 0.2) is 16.7 Å². The molecule has 0 bridgehead atoms. The molecule has 0 saturated carbocycles. The van der Waals surface area contributed by atoms with Gasteiger partial charge in [0.1, 0.15) is 5.82 Å². The smallest absolute Gasteiger partial charge is 0.410 e. The van der Waals surface area contributed by atoms with E-state index in [0.717, 1.165) is 4.47 Å². The van der Waals surface area contributed by atoms with Crippen LogP contribution in [-0.4, -0.2) is 26.4 Å². The molecule has 0 fully saturated rings. The van der Waals surface area contributed by atoms with Crippen molar-refractivity contribution in [3.63, 3.8) is 0 Å². The van der Waals surface area contributed by atoms with Gasteiger partial charge in [0, 0.05) is 10.7 Å². The van der Waals surface area contributed by atoms with Crippen molar-refractivity contribution in [3.05, 3.63) is 16.7 Å². The topological polar surface area (TPSA) is 90.9 Å². The summed E-state index contributed by atoms with van der Waals surface area (Å²) < 4.78 is 0.764. The lowest BCUT2D eigenvalue weighted by Crippen LogP contribution is -2.07. The van der Waals surface area contributed by atoms with Crippen LogP contribution in [0.25, 0.3) is 11.0 Å². The van der Waals surface area contributed by atoms with Crippen molar-refractivity contribution in [1.29, 1.82) is 0 Å². The van der Waals surface area contributed by atoms with Crippen LogP contribution in [0.2, 0.25) is 0 Å². The summed E-state index contributed by atoms with van der Waals surface area (Å²) in [6.45, 7) is 0. The molecule has 0 aliphatic rings. The fourth-order valence-electron chi connectivity index (χ4n) is 1.08. The minimum atomic E-state index is -1.14. The lowest BCUT2D eigenvalue weighted by atomic mass is 10.3. The molecule has 0 atom stereocenters. The van der Waals surface area contributed by atoms with Gasteiger partial charge >= 0.3 is 6.09 Å². The summed E-state index contributed by atoms with van der Waals surface area (Å²) in [6.07, 6.45) is 0.448. The van der Waals surface area contributed by atoms with Crippen molar-refractivity contribution in [3.8, 4) is 0 Å². The Kier molecular flexibility index (Phi) is 2.08. The summed E-state index contributed by atoms with van der Waals surface area (Å²) in [5.74, 6) is 0.321. The van der Waals surface area contributed by atoms with Crippen LogP contribution in [0.5, 0.6) is 0 Å². The molecule has 7 heteroatoms. The van der Waals surface area contributed by atoms with Crippen LogP contribution in [0.1, 0.15) is 0 Å². The Morgan fingerprint density at radius 2 is 2.43 bits per heavy atom. The van der Waals surface area contributed by atoms with Gasteiger partial charge in [-0.2, -0.15) is 5.10 Å². The number of rotatable bonds is 1. The molecule has 0 spiro atoms. The molecule has 0 unspecified atom stereocenters. The van der Waals surface area contributed by atoms with Crippen LogP contribution in [0, 0.1) is 0 Å². The molecule has 2 aromatic rings. The Morgan fingerprint density at radius 3 is 3.14 bits per heavy atom. The van der Waals surface area contributed by atoms with E-state index in [4.69, 9.17) is 5.11 Å². The highest BCUT2D eigenvalue weighted by atomic mass is 79.9. The number of H-pyrrole nitrogens is 1. The van der Waals surface area contributed by atoms with Crippen LogP contribution in [0.4, 0.5) is 10.6 Å². The van der Waals surface area contributed by atoms with Crippen LogP contribution < -0.4 is 5.32 Å². The van der Waals surface area contributed by atoms with Crippen molar-refractivity contribution in [1.82, 2.24) is 15.2 Å². The minimum Gasteiger partial charge on any atom is -0.465 e. The average Bonchev–Trinajstić information content (AvgIpc) is 2.47. The van der Waals surface area contributed by atoms with Crippen LogP contribution >= 0.6 is 15.9 Å². The van der Waals surface area contributed by atoms with Crippen molar-refractivity contribution in [2.45, 2.75) is 0 Å². The third-order valence-corrected chi connectivity index (χ3v) is 2.04. The second kappa shape index (κ2) is 3.26. The maximum absolute atomic E-state index is 10.4. The van der Waals surface area contributed by atoms with Gasteiger partial charge in [0.25, 0.3) is 0 Å². The van der Waals surface area contributed by atoms with E-state index >= 15 is 0 Å². The van der Waals surface area contributed by atoms with Gasteiger partial charge in [-0.1, -0.05) is 0 Å². The third kappa shape index (κ3) is 1.53. The summed E-state index contributed by atoms with van der Waals surface area (Å²) in [5.41, 5.74) is 0.469. The Bertz CT molecular complexity index is 495. The molecule has 2 aromatic heterocycles. The number of fused-ring (bicyclic) bond motifs is 1. The van der Waals surface area contributed by atoms with Crippen molar-refractivity contribution >= 4 is 38.9 Å². The van der Waals surface area contributed by atoms with E-state index < -0.39 is 6.09 Å². The first-order chi connectivity index (χ1) is 6.66. The van der Waals surface area contributed by atoms with E-state index in [9.17, 15) is 4.79 Å². The zero-order valence-corrected chi connectivity index (χ0v) is 8.37. The number of nitrogens with zero attached hydrogens (tertiary/aromatic N) is 2. The Morgan fingerprint density at radius 1 is 1.64 bits per heavy atom. The second-order valence-electron chi connectivity index (χ2n) is 2.55. The number of carboxylic acid groups (broad SMARTS) is 1. The summed E-state index contributed by atoms with van der Waals surface area (Å²) >= 11 is 3.24. The first-order valence-electron chi connectivity index (χ1n) is 3.66. The fourth-order valence-corrected chi connectivity index (χ4v) is 1.41. The van der Waals surface area contributed by atoms with E-state index in [1.165, 1.54) is 0 Å². The molecule has 14 heavy (non-hydrogen) atoms. The van der Waals surface area contributed by atoms with E-state index in [-0.39, 0.29) is 0 Å². The molecule has 0 radical (unpaired) electrons. The van der Waals surface area contributed by atoms with Gasteiger partial charge in [0.05, 0.1) is 5.39 Å². The van der Waals surface area contributed by atoms with Crippen LogP contribution in [0.3, 0.4) is 0 Å². The third-order valence-electron chi connectivity index (χ3n) is 1.61. The van der Waals surface area contributed by atoms with E-state index in [2.05, 4.69) is 36.4 Å². The number of aromatic amines is 1. The molecule has 72 valence electrons. The SMILES string of the molecule is O=C(O)Nc1[nH]nc2ncc(Br)cc12. The van der Waals surface area contributed by atoms with E-state index in [1.54, 1.807) is 12.3 Å². The zero-order chi connectivity index (χ0) is 10.1. The predicted molar refractivity (Wildman–Crippen MR) is 53.2 cm³/mol. The van der Waals surface area contributed by atoms with Crippen molar-refractivity contribution in [2.75, 3.05) is 5.32 Å². The Balaban J connectivity index is 2.55. The largest absolute Gasteiger partial charge is 0.465 e. The Hall–Kier alpha value is -1.63. The maximum atomic E-state index is 10.4. The standard InChI is InChI=1S/C7H5BrN4O2/c8-3-1-4-5(9-2-3)11-12-6(4)10-7(13)14/h1-2H,(H,13,14)(H2,9,10,11,12). The lowest BCUT2D eigenvalue weighted by Gasteiger charge is -1.96. The number of amides is 1. The molecule has 0 saturated heterocycles.